The van der Waals surface area contributed by atoms with Gasteiger partial charge in [0.1, 0.15) is 0 Å². The minimum absolute atomic E-state index is 0.195. The first kappa shape index (κ1) is 23.7. The summed E-state index contributed by atoms with van der Waals surface area (Å²) < 4.78 is 8.19. The van der Waals surface area contributed by atoms with Crippen molar-refractivity contribution >= 4 is 23.1 Å². The van der Waals surface area contributed by atoms with Crippen LogP contribution in [0.2, 0.25) is 0 Å². The van der Waals surface area contributed by atoms with Crippen LogP contribution in [0.15, 0.2) is 46.0 Å². The van der Waals surface area contributed by atoms with Gasteiger partial charge in [-0.1, -0.05) is 55.9 Å². The third kappa shape index (κ3) is 5.37. The first-order valence-electron chi connectivity index (χ1n) is 11.2. The predicted molar refractivity (Wildman–Crippen MR) is 134 cm³/mol. The van der Waals surface area contributed by atoms with E-state index in [9.17, 15) is 0 Å². The normalized spacial score (nSPS) is 12.5. The third-order valence-corrected chi connectivity index (χ3v) is 7.90. The molecule has 0 unspecified atom stereocenters. The summed E-state index contributed by atoms with van der Waals surface area (Å²) in [5, 5.41) is 18.5. The molecular formula is C24H30N6OS2. The van der Waals surface area contributed by atoms with E-state index < -0.39 is 0 Å². The molecule has 0 radical (unpaired) electrons. The zero-order chi connectivity index (χ0) is 23.4. The summed E-state index contributed by atoms with van der Waals surface area (Å²) in [6, 6.07) is 12.7. The van der Waals surface area contributed by atoms with Crippen molar-refractivity contribution in [3.8, 4) is 10.8 Å². The average Bonchev–Trinajstić information content (AvgIpc) is 3.53. The lowest BCUT2D eigenvalue weighted by molar-refractivity contribution is 0.272. The second kappa shape index (κ2) is 10.6. The van der Waals surface area contributed by atoms with Gasteiger partial charge in [-0.05, 0) is 51.1 Å². The van der Waals surface area contributed by atoms with Crippen molar-refractivity contribution in [2.75, 3.05) is 14.1 Å². The highest BCUT2D eigenvalue weighted by atomic mass is 32.2. The highest BCUT2D eigenvalue weighted by molar-refractivity contribution is 7.98. The van der Waals surface area contributed by atoms with Gasteiger partial charge in [-0.3, -0.25) is 4.90 Å². The van der Waals surface area contributed by atoms with E-state index in [-0.39, 0.29) is 6.04 Å². The maximum atomic E-state index is 5.98. The summed E-state index contributed by atoms with van der Waals surface area (Å²) in [5.74, 6) is 2.70. The smallest absolute Gasteiger partial charge is 0.257 e. The van der Waals surface area contributed by atoms with E-state index in [1.54, 1.807) is 23.1 Å². The lowest BCUT2D eigenvalue weighted by atomic mass is 10.2. The zero-order valence-corrected chi connectivity index (χ0v) is 21.4. The second-order valence-electron chi connectivity index (χ2n) is 8.16. The van der Waals surface area contributed by atoms with Gasteiger partial charge >= 0.3 is 0 Å². The van der Waals surface area contributed by atoms with E-state index in [1.807, 2.05) is 6.07 Å². The van der Waals surface area contributed by atoms with Crippen LogP contribution in [0.3, 0.4) is 0 Å². The lowest BCUT2D eigenvalue weighted by Crippen LogP contribution is -2.23. The van der Waals surface area contributed by atoms with Crippen molar-refractivity contribution in [3.63, 3.8) is 0 Å². The van der Waals surface area contributed by atoms with Crippen LogP contribution in [0.1, 0.15) is 54.0 Å². The van der Waals surface area contributed by atoms with Gasteiger partial charge in [0.05, 0.1) is 23.2 Å². The van der Waals surface area contributed by atoms with E-state index in [0.29, 0.717) is 17.5 Å². The van der Waals surface area contributed by atoms with Crippen LogP contribution < -0.4 is 0 Å². The molecular weight excluding hydrogens is 452 g/mol. The van der Waals surface area contributed by atoms with Crippen LogP contribution >= 0.6 is 23.1 Å². The summed E-state index contributed by atoms with van der Waals surface area (Å²) in [6.07, 6.45) is 1.97. The summed E-state index contributed by atoms with van der Waals surface area (Å²) in [4.78, 5) is 4.57. The quantitative estimate of drug-likeness (QED) is 0.272. The lowest BCUT2D eigenvalue weighted by Gasteiger charge is -2.23. The Bertz CT molecular complexity index is 1180. The van der Waals surface area contributed by atoms with Gasteiger partial charge in [0, 0.05) is 4.88 Å². The highest BCUT2D eigenvalue weighted by Crippen LogP contribution is 2.32. The topological polar surface area (TPSA) is 72.9 Å². The molecule has 4 rings (SSSR count). The van der Waals surface area contributed by atoms with E-state index in [2.05, 4.69) is 95.1 Å². The molecule has 4 aromatic rings. The number of aromatic nitrogens is 5. The van der Waals surface area contributed by atoms with Crippen LogP contribution in [0.5, 0.6) is 0 Å². The molecule has 0 spiro atoms. The van der Waals surface area contributed by atoms with E-state index in [1.165, 1.54) is 16.0 Å². The van der Waals surface area contributed by atoms with Gasteiger partial charge in [-0.15, -0.1) is 31.7 Å². The SMILES string of the molecule is CCc1sc(-c2nnc(CSc3nnc([C@@H](CC)N(C)C)n3Cc3ccccc3)o2)cc1C. The number of nitrogens with zero attached hydrogens (tertiary/aromatic N) is 6. The standard InChI is InChI=1S/C24H30N6OS2/c1-6-18(29(4)5)22-26-28-24(30(22)14-17-11-9-8-10-12-17)32-15-21-25-27-23(31-21)20-13-16(3)19(7-2)33-20/h8-13,18H,6-7,14-15H2,1-5H3/t18-/m1/s1. The molecule has 0 saturated heterocycles. The molecule has 7 nitrogen and oxygen atoms in total. The largest absolute Gasteiger partial charge is 0.419 e. The summed E-state index contributed by atoms with van der Waals surface area (Å²) in [5.41, 5.74) is 2.49. The van der Waals surface area contributed by atoms with E-state index in [0.717, 1.165) is 35.2 Å². The number of thioether (sulfide) groups is 1. The molecule has 0 amide bonds. The Hall–Kier alpha value is -2.49. The zero-order valence-electron chi connectivity index (χ0n) is 19.8. The molecule has 1 aromatic carbocycles. The van der Waals surface area contributed by atoms with Gasteiger partial charge in [0.2, 0.25) is 5.89 Å². The van der Waals surface area contributed by atoms with Crippen molar-refractivity contribution in [2.24, 2.45) is 0 Å². The van der Waals surface area contributed by atoms with Crippen LogP contribution in [0, 0.1) is 6.92 Å². The number of aryl methyl sites for hydroxylation is 2. The van der Waals surface area contributed by atoms with Crippen molar-refractivity contribution in [1.29, 1.82) is 0 Å². The molecule has 0 bridgehead atoms. The maximum absolute atomic E-state index is 5.98. The Labute approximate surface area is 203 Å². The third-order valence-electron chi connectivity index (χ3n) is 5.58. The van der Waals surface area contributed by atoms with E-state index in [4.69, 9.17) is 4.42 Å². The molecule has 1 atom stereocenters. The van der Waals surface area contributed by atoms with Crippen molar-refractivity contribution in [2.45, 2.75) is 57.1 Å². The number of hydrogen-bond acceptors (Lipinski definition) is 8. The fraction of sp³-hybridized carbons (Fsp3) is 0.417. The highest BCUT2D eigenvalue weighted by Gasteiger charge is 2.23. The monoisotopic (exact) mass is 482 g/mol. The minimum atomic E-state index is 0.195. The molecule has 0 aliphatic carbocycles. The van der Waals surface area contributed by atoms with Crippen molar-refractivity contribution < 1.29 is 4.42 Å². The number of rotatable bonds is 10. The van der Waals surface area contributed by atoms with Crippen molar-refractivity contribution in [1.82, 2.24) is 29.9 Å². The molecule has 0 aliphatic rings. The fourth-order valence-electron chi connectivity index (χ4n) is 3.86. The van der Waals surface area contributed by atoms with Crippen LogP contribution in [-0.2, 0) is 18.7 Å². The van der Waals surface area contributed by atoms with Gasteiger partial charge in [0.15, 0.2) is 11.0 Å². The van der Waals surface area contributed by atoms with Crippen LogP contribution in [0.4, 0.5) is 0 Å². The molecule has 3 aromatic heterocycles. The molecule has 0 fully saturated rings. The van der Waals surface area contributed by atoms with Gasteiger partial charge in [-0.2, -0.15) is 0 Å². The second-order valence-corrected chi connectivity index (χ2v) is 10.2. The van der Waals surface area contributed by atoms with Crippen LogP contribution in [-0.4, -0.2) is 44.0 Å². The first-order chi connectivity index (χ1) is 16.0. The number of hydrogen-bond donors (Lipinski definition) is 0. The van der Waals surface area contributed by atoms with Gasteiger partial charge in [-0.25, -0.2) is 0 Å². The number of benzene rings is 1. The molecule has 33 heavy (non-hydrogen) atoms. The molecule has 0 saturated carbocycles. The van der Waals surface area contributed by atoms with Gasteiger partial charge in [0.25, 0.3) is 5.89 Å². The molecule has 9 heteroatoms. The Balaban J connectivity index is 1.55. The molecule has 3 heterocycles. The summed E-state index contributed by atoms with van der Waals surface area (Å²) in [6.45, 7) is 7.19. The molecule has 0 N–H and O–H groups in total. The predicted octanol–water partition coefficient (Wildman–Crippen LogP) is 5.61. The Morgan fingerprint density at radius 2 is 1.88 bits per heavy atom. The van der Waals surface area contributed by atoms with Gasteiger partial charge < -0.3 is 8.98 Å². The number of thiophene rings is 1. The maximum Gasteiger partial charge on any atom is 0.257 e. The Morgan fingerprint density at radius 1 is 1.09 bits per heavy atom. The Kier molecular flexibility index (Phi) is 7.62. The molecule has 174 valence electrons. The summed E-state index contributed by atoms with van der Waals surface area (Å²) in [7, 11) is 4.16. The fourth-order valence-corrected chi connectivity index (χ4v) is 5.68. The van der Waals surface area contributed by atoms with Crippen molar-refractivity contribution in [3.05, 3.63) is 64.1 Å². The average molecular weight is 483 g/mol. The van der Waals surface area contributed by atoms with Crippen LogP contribution in [0.25, 0.3) is 10.8 Å². The van der Waals surface area contributed by atoms with E-state index >= 15 is 0 Å². The minimum Gasteiger partial charge on any atom is -0.419 e. The summed E-state index contributed by atoms with van der Waals surface area (Å²) >= 11 is 3.30. The molecule has 0 aliphatic heterocycles. The Morgan fingerprint density at radius 3 is 2.55 bits per heavy atom. The first-order valence-corrected chi connectivity index (χ1v) is 13.0.